The minimum atomic E-state index is -3.06. The lowest BCUT2D eigenvalue weighted by Gasteiger charge is -2.23. The number of carbonyl (C=O) groups excluding carboxylic acids is 1. The van der Waals surface area contributed by atoms with Gasteiger partial charge in [-0.1, -0.05) is 12.1 Å². The number of amides is 1. The number of hydrogen-bond donors (Lipinski definition) is 1. The van der Waals surface area contributed by atoms with Crippen LogP contribution in [0.25, 0.3) is 11.3 Å². The van der Waals surface area contributed by atoms with Crippen molar-refractivity contribution in [2.75, 3.05) is 11.5 Å². The second-order valence-electron chi connectivity index (χ2n) is 6.49. The molecule has 1 saturated heterocycles. The van der Waals surface area contributed by atoms with Crippen LogP contribution in [0.4, 0.5) is 0 Å². The van der Waals surface area contributed by atoms with Crippen LogP contribution in [0.3, 0.4) is 0 Å². The number of carbonyl (C=O) groups is 1. The highest BCUT2D eigenvalue weighted by Gasteiger charge is 2.39. The van der Waals surface area contributed by atoms with Crippen LogP contribution >= 0.6 is 0 Å². The second kappa shape index (κ2) is 5.98. The van der Waals surface area contributed by atoms with Crippen LogP contribution in [0.5, 0.6) is 0 Å². The summed E-state index contributed by atoms with van der Waals surface area (Å²) in [6, 6.07) is 10.8. The molecule has 2 heterocycles. The van der Waals surface area contributed by atoms with E-state index in [0.717, 1.165) is 17.0 Å². The second-order valence-corrected chi connectivity index (χ2v) is 8.68. The van der Waals surface area contributed by atoms with Crippen LogP contribution < -0.4 is 5.32 Å². The van der Waals surface area contributed by atoms with Crippen molar-refractivity contribution in [3.8, 4) is 11.3 Å². The van der Waals surface area contributed by atoms with Crippen molar-refractivity contribution in [2.24, 2.45) is 0 Å². The fourth-order valence-electron chi connectivity index (χ4n) is 2.80. The predicted molar refractivity (Wildman–Crippen MR) is 91.3 cm³/mol. The SMILES string of the molecule is Cc1ccc(-c2ccc(C(=O)N[C@]3(C)CCS(=O)(=O)C3)cc2)nn1. The molecule has 0 unspecified atom stereocenters. The van der Waals surface area contributed by atoms with Gasteiger partial charge in [0.15, 0.2) is 9.84 Å². The summed E-state index contributed by atoms with van der Waals surface area (Å²) >= 11 is 0. The number of aromatic nitrogens is 2. The minimum absolute atomic E-state index is 0.0111. The standard InChI is InChI=1S/C17H19N3O3S/c1-12-3-8-15(20-19-12)13-4-6-14(7-5-13)16(21)18-17(2)9-10-24(22,23)11-17/h3-8H,9-11H2,1-2H3,(H,18,21)/t17-/m1/s1. The van der Waals surface area contributed by atoms with E-state index in [2.05, 4.69) is 15.5 Å². The molecule has 2 aromatic rings. The quantitative estimate of drug-likeness (QED) is 0.915. The molecule has 1 amide bonds. The zero-order valence-corrected chi connectivity index (χ0v) is 14.4. The maximum Gasteiger partial charge on any atom is 0.251 e. The summed E-state index contributed by atoms with van der Waals surface area (Å²) < 4.78 is 23.3. The Morgan fingerprint density at radius 3 is 2.38 bits per heavy atom. The summed E-state index contributed by atoms with van der Waals surface area (Å²) in [5, 5.41) is 11.0. The van der Waals surface area contributed by atoms with Crippen LogP contribution in [-0.2, 0) is 9.84 Å². The first-order valence-corrected chi connectivity index (χ1v) is 9.52. The Morgan fingerprint density at radius 1 is 1.12 bits per heavy atom. The molecule has 24 heavy (non-hydrogen) atoms. The third kappa shape index (κ3) is 3.62. The Morgan fingerprint density at radius 2 is 1.83 bits per heavy atom. The fourth-order valence-corrected chi connectivity index (χ4v) is 4.89. The highest BCUT2D eigenvalue weighted by Crippen LogP contribution is 2.24. The molecule has 0 radical (unpaired) electrons. The minimum Gasteiger partial charge on any atom is -0.346 e. The van der Waals surface area contributed by atoms with Gasteiger partial charge in [-0.05, 0) is 44.5 Å². The maximum absolute atomic E-state index is 12.4. The van der Waals surface area contributed by atoms with E-state index in [0.29, 0.717) is 12.0 Å². The molecular formula is C17H19N3O3S. The molecule has 7 heteroatoms. The van der Waals surface area contributed by atoms with Gasteiger partial charge in [0.2, 0.25) is 0 Å². The monoisotopic (exact) mass is 345 g/mol. The molecular weight excluding hydrogens is 326 g/mol. The van der Waals surface area contributed by atoms with Crippen LogP contribution in [0, 0.1) is 6.92 Å². The van der Waals surface area contributed by atoms with Crippen molar-refractivity contribution in [1.82, 2.24) is 15.5 Å². The Hall–Kier alpha value is -2.28. The van der Waals surface area contributed by atoms with E-state index >= 15 is 0 Å². The third-order valence-corrected chi connectivity index (χ3v) is 6.06. The summed E-state index contributed by atoms with van der Waals surface area (Å²) in [7, 11) is -3.06. The normalized spacial score (nSPS) is 22.2. The van der Waals surface area contributed by atoms with Crippen molar-refractivity contribution >= 4 is 15.7 Å². The first-order chi connectivity index (χ1) is 11.3. The predicted octanol–water partition coefficient (Wildman–Crippen LogP) is 1.76. The highest BCUT2D eigenvalue weighted by atomic mass is 32.2. The first-order valence-electron chi connectivity index (χ1n) is 7.70. The summed E-state index contributed by atoms with van der Waals surface area (Å²) in [5.41, 5.74) is 2.24. The fraction of sp³-hybridized carbons (Fsp3) is 0.353. The van der Waals surface area contributed by atoms with Gasteiger partial charge in [-0.2, -0.15) is 10.2 Å². The zero-order valence-electron chi connectivity index (χ0n) is 13.6. The summed E-state index contributed by atoms with van der Waals surface area (Å²) in [5.74, 6) is -0.159. The summed E-state index contributed by atoms with van der Waals surface area (Å²) in [6.07, 6.45) is 0.443. The number of nitrogens with zero attached hydrogens (tertiary/aromatic N) is 2. The Kier molecular flexibility index (Phi) is 4.13. The highest BCUT2D eigenvalue weighted by molar-refractivity contribution is 7.91. The number of aryl methyl sites for hydroxylation is 1. The number of rotatable bonds is 3. The molecule has 0 spiro atoms. The largest absolute Gasteiger partial charge is 0.346 e. The molecule has 0 aliphatic carbocycles. The number of hydrogen-bond acceptors (Lipinski definition) is 5. The van der Waals surface area contributed by atoms with E-state index in [4.69, 9.17) is 0 Å². The molecule has 1 aromatic heterocycles. The van der Waals surface area contributed by atoms with E-state index in [-0.39, 0.29) is 17.4 Å². The van der Waals surface area contributed by atoms with E-state index in [1.54, 1.807) is 19.1 Å². The number of sulfone groups is 1. The van der Waals surface area contributed by atoms with E-state index < -0.39 is 15.4 Å². The number of nitrogens with one attached hydrogen (secondary N) is 1. The average molecular weight is 345 g/mol. The molecule has 1 aromatic carbocycles. The van der Waals surface area contributed by atoms with Crippen LogP contribution in [0.2, 0.25) is 0 Å². The van der Waals surface area contributed by atoms with Gasteiger partial charge < -0.3 is 5.32 Å². The van der Waals surface area contributed by atoms with Gasteiger partial charge in [0.1, 0.15) is 0 Å². The molecule has 6 nitrogen and oxygen atoms in total. The van der Waals surface area contributed by atoms with Crippen molar-refractivity contribution in [1.29, 1.82) is 0 Å². The van der Waals surface area contributed by atoms with Crippen LogP contribution in [0.1, 0.15) is 29.4 Å². The summed E-state index contributed by atoms with van der Waals surface area (Å²) in [4.78, 5) is 12.4. The Bertz CT molecular complexity index is 861. The molecule has 1 aliphatic rings. The molecule has 1 fully saturated rings. The van der Waals surface area contributed by atoms with E-state index in [1.165, 1.54) is 0 Å². The van der Waals surface area contributed by atoms with Crippen molar-refractivity contribution in [3.63, 3.8) is 0 Å². The third-order valence-electron chi connectivity index (χ3n) is 4.16. The first kappa shape index (κ1) is 16.6. The van der Waals surface area contributed by atoms with Crippen LogP contribution in [0.15, 0.2) is 36.4 Å². The maximum atomic E-state index is 12.4. The van der Waals surface area contributed by atoms with Crippen molar-refractivity contribution < 1.29 is 13.2 Å². The lowest BCUT2D eigenvalue weighted by Crippen LogP contribution is -2.46. The molecule has 0 saturated carbocycles. The topological polar surface area (TPSA) is 89.0 Å². The lowest BCUT2D eigenvalue weighted by atomic mass is 10.0. The van der Waals surface area contributed by atoms with Gasteiger partial charge in [-0.3, -0.25) is 4.79 Å². The van der Waals surface area contributed by atoms with Gasteiger partial charge in [-0.25, -0.2) is 8.42 Å². The zero-order chi connectivity index (χ0) is 17.4. The summed E-state index contributed by atoms with van der Waals surface area (Å²) in [6.45, 7) is 3.64. The van der Waals surface area contributed by atoms with Crippen LogP contribution in [-0.4, -0.2) is 41.6 Å². The molecule has 0 bridgehead atoms. The van der Waals surface area contributed by atoms with Gasteiger partial charge in [0.25, 0.3) is 5.91 Å². The average Bonchev–Trinajstić information content (AvgIpc) is 2.81. The van der Waals surface area contributed by atoms with E-state index in [1.807, 2.05) is 31.2 Å². The molecule has 3 rings (SSSR count). The molecule has 126 valence electrons. The van der Waals surface area contributed by atoms with Crippen molar-refractivity contribution in [2.45, 2.75) is 25.8 Å². The van der Waals surface area contributed by atoms with Gasteiger partial charge in [0, 0.05) is 11.1 Å². The Labute approximate surface area is 141 Å². The van der Waals surface area contributed by atoms with Gasteiger partial charge in [0.05, 0.1) is 28.4 Å². The van der Waals surface area contributed by atoms with E-state index in [9.17, 15) is 13.2 Å². The molecule has 1 atom stereocenters. The van der Waals surface area contributed by atoms with Gasteiger partial charge >= 0.3 is 0 Å². The van der Waals surface area contributed by atoms with Gasteiger partial charge in [-0.15, -0.1) is 0 Å². The van der Waals surface area contributed by atoms with Crippen molar-refractivity contribution in [3.05, 3.63) is 47.7 Å². The Balaban J connectivity index is 1.73. The molecule has 1 aliphatic heterocycles. The number of benzene rings is 1. The lowest BCUT2D eigenvalue weighted by molar-refractivity contribution is 0.0915. The smallest absolute Gasteiger partial charge is 0.251 e. The molecule has 1 N–H and O–H groups in total.